The second-order valence-corrected chi connectivity index (χ2v) is 10.8. The average molecular weight is 535 g/mol. The highest BCUT2D eigenvalue weighted by Gasteiger charge is 2.50. The van der Waals surface area contributed by atoms with Gasteiger partial charge in [0.2, 0.25) is 0 Å². The highest BCUT2D eigenvalue weighted by atomic mass is 19.4. The van der Waals surface area contributed by atoms with Crippen molar-refractivity contribution < 1.29 is 31.1 Å². The number of alkyl halides is 6. The number of hydrogen-bond acceptors (Lipinski definition) is 1. The smallest absolute Gasteiger partial charge is 0.367 e. The largest absolute Gasteiger partial charge is 0.420 e. The van der Waals surface area contributed by atoms with E-state index in [1.165, 1.54) is 16.7 Å². The van der Waals surface area contributed by atoms with Crippen molar-refractivity contribution >= 4 is 0 Å². The first-order valence-electron chi connectivity index (χ1n) is 13.2. The first-order chi connectivity index (χ1) is 17.0. The van der Waals surface area contributed by atoms with Crippen molar-refractivity contribution in [1.29, 1.82) is 0 Å². The minimum Gasteiger partial charge on any atom is -0.367 e. The molecular formula is C30H44F6O. The lowest BCUT2D eigenvalue weighted by Gasteiger charge is -2.14. The zero-order chi connectivity index (χ0) is 28.3. The highest BCUT2D eigenvalue weighted by Crippen LogP contribution is 2.39. The van der Waals surface area contributed by atoms with Crippen LogP contribution in [0.2, 0.25) is 0 Å². The van der Waals surface area contributed by atoms with Crippen LogP contribution in [0.5, 0.6) is 0 Å². The molecular weight excluding hydrogens is 490 g/mol. The molecule has 1 fully saturated rings. The number of ether oxygens (including phenoxy) is 1. The van der Waals surface area contributed by atoms with Crippen LogP contribution in [0.1, 0.15) is 106 Å². The second kappa shape index (κ2) is 15.0. The maximum atomic E-state index is 12.5. The van der Waals surface area contributed by atoms with E-state index in [1.807, 2.05) is 13.0 Å². The molecule has 1 heterocycles. The van der Waals surface area contributed by atoms with Gasteiger partial charge >= 0.3 is 12.4 Å². The van der Waals surface area contributed by atoms with Gasteiger partial charge in [-0.3, -0.25) is 0 Å². The summed E-state index contributed by atoms with van der Waals surface area (Å²) in [6, 6.07) is 0. The Balaban J connectivity index is 2.28. The molecule has 1 nitrogen and oxygen atoms in total. The number of rotatable bonds is 15. The topological polar surface area (TPSA) is 12.5 Å². The van der Waals surface area contributed by atoms with Crippen LogP contribution in [0, 0.1) is 0 Å². The first kappa shape index (κ1) is 33.3. The number of halogens is 6. The molecule has 1 aliphatic rings. The Morgan fingerprint density at radius 1 is 0.595 bits per heavy atom. The van der Waals surface area contributed by atoms with E-state index in [-0.39, 0.29) is 24.5 Å². The number of unbranched alkanes of at least 4 members (excludes halogenated alkanes) is 1. The van der Waals surface area contributed by atoms with Gasteiger partial charge in [0.25, 0.3) is 0 Å². The van der Waals surface area contributed by atoms with Gasteiger partial charge in [0.1, 0.15) is 5.57 Å². The summed E-state index contributed by atoms with van der Waals surface area (Å²) >= 11 is 0. The number of epoxide rings is 1. The third-order valence-corrected chi connectivity index (χ3v) is 6.68. The van der Waals surface area contributed by atoms with Crippen molar-refractivity contribution in [1.82, 2.24) is 0 Å². The maximum Gasteiger partial charge on any atom is 0.420 e. The molecule has 0 aliphatic carbocycles. The van der Waals surface area contributed by atoms with Gasteiger partial charge in [-0.15, -0.1) is 0 Å². The van der Waals surface area contributed by atoms with Gasteiger partial charge in [-0.05, 0) is 106 Å². The van der Waals surface area contributed by atoms with E-state index in [9.17, 15) is 26.3 Å². The molecule has 0 amide bonds. The van der Waals surface area contributed by atoms with E-state index in [2.05, 4.69) is 45.9 Å². The van der Waals surface area contributed by atoms with Crippen LogP contribution >= 0.6 is 0 Å². The van der Waals surface area contributed by atoms with Crippen LogP contribution in [-0.2, 0) is 4.74 Å². The standard InChI is InChI=1S/C30H44F6O/c1-22(14-9-15-23(2)16-10-18-26(29(31,32)33)30(34,35)36)12-7-8-13-24(3)20-21-25(4)17-11-19-27-28(5,6)37-27/h12-13,15,17-18,27H,7-11,14,16,19-21H2,1-6H3/b22-12+,23-15+,24-13+,25-17+. The number of hydrogen-bond donors (Lipinski definition) is 0. The summed E-state index contributed by atoms with van der Waals surface area (Å²) in [5.74, 6) is 0. The lowest BCUT2D eigenvalue weighted by atomic mass is 10.0. The summed E-state index contributed by atoms with van der Waals surface area (Å²) in [7, 11) is 0. The van der Waals surface area contributed by atoms with Crippen LogP contribution in [0.3, 0.4) is 0 Å². The molecule has 0 aromatic carbocycles. The van der Waals surface area contributed by atoms with Gasteiger partial charge in [0, 0.05) is 0 Å². The Morgan fingerprint density at radius 3 is 1.35 bits per heavy atom. The lowest BCUT2D eigenvalue weighted by Crippen LogP contribution is -2.26. The quantitative estimate of drug-likeness (QED) is 0.0881. The Bertz CT molecular complexity index is 849. The fraction of sp³-hybridized carbons (Fsp3) is 0.667. The fourth-order valence-electron chi connectivity index (χ4n) is 4.06. The molecule has 212 valence electrons. The molecule has 0 bridgehead atoms. The van der Waals surface area contributed by atoms with Crippen molar-refractivity contribution in [2.24, 2.45) is 0 Å². The summed E-state index contributed by atoms with van der Waals surface area (Å²) in [5, 5.41) is 0. The average Bonchev–Trinajstić information content (AvgIpc) is 3.37. The molecule has 1 unspecified atom stereocenters. The third-order valence-electron chi connectivity index (χ3n) is 6.68. The molecule has 1 rings (SSSR count). The third kappa shape index (κ3) is 14.7. The first-order valence-corrected chi connectivity index (χ1v) is 13.2. The van der Waals surface area contributed by atoms with Crippen LogP contribution in [0.25, 0.3) is 0 Å². The molecule has 0 aromatic heterocycles. The SMILES string of the molecule is C/C(=C\CC/C(C)=C/CC/C=C(\C)CC/C(C)=C/CCC1OC1(C)C)CCC=C(C(F)(F)F)C(F)(F)F. The monoisotopic (exact) mass is 534 g/mol. The molecule has 1 saturated heterocycles. The number of allylic oxidation sites excluding steroid dienone is 10. The van der Waals surface area contributed by atoms with E-state index >= 15 is 0 Å². The van der Waals surface area contributed by atoms with Crippen LogP contribution in [0.4, 0.5) is 26.3 Å². The predicted molar refractivity (Wildman–Crippen MR) is 140 cm³/mol. The Morgan fingerprint density at radius 2 is 0.946 bits per heavy atom. The van der Waals surface area contributed by atoms with Crippen LogP contribution in [0.15, 0.2) is 58.2 Å². The molecule has 1 aliphatic heterocycles. The lowest BCUT2D eigenvalue weighted by molar-refractivity contribution is -0.172. The normalized spacial score (nSPS) is 19.3. The molecule has 0 N–H and O–H groups in total. The molecule has 0 radical (unpaired) electrons. The van der Waals surface area contributed by atoms with E-state index < -0.39 is 17.9 Å². The zero-order valence-corrected chi connectivity index (χ0v) is 23.2. The minimum absolute atomic E-state index is 0.0663. The molecule has 1 atom stereocenters. The summed E-state index contributed by atoms with van der Waals surface area (Å²) in [6.07, 6.45) is 6.20. The van der Waals surface area contributed by atoms with Crippen LogP contribution in [-0.4, -0.2) is 24.1 Å². The molecule has 0 spiro atoms. The fourth-order valence-corrected chi connectivity index (χ4v) is 4.06. The molecule has 0 saturated carbocycles. The predicted octanol–water partition coefficient (Wildman–Crippen LogP) is 10.9. The maximum absolute atomic E-state index is 12.5. The summed E-state index contributed by atoms with van der Waals surface area (Å²) in [5.41, 5.74) is 2.47. The van der Waals surface area contributed by atoms with Gasteiger partial charge < -0.3 is 4.74 Å². The Hall–Kier alpha value is -1.76. The van der Waals surface area contributed by atoms with Gasteiger partial charge in [-0.25, -0.2) is 0 Å². The zero-order valence-electron chi connectivity index (χ0n) is 23.2. The molecule has 37 heavy (non-hydrogen) atoms. The highest BCUT2D eigenvalue weighted by molar-refractivity contribution is 5.16. The van der Waals surface area contributed by atoms with E-state index in [1.54, 1.807) is 6.92 Å². The Kier molecular flexibility index (Phi) is 13.5. The Labute approximate surface area is 219 Å². The summed E-state index contributed by atoms with van der Waals surface area (Å²) in [4.78, 5) is 0. The van der Waals surface area contributed by atoms with Crippen molar-refractivity contribution in [3.63, 3.8) is 0 Å². The summed E-state index contributed by atoms with van der Waals surface area (Å²) in [6.45, 7) is 12.4. The second-order valence-electron chi connectivity index (χ2n) is 10.8. The molecule has 0 aromatic rings. The summed E-state index contributed by atoms with van der Waals surface area (Å²) < 4.78 is 80.9. The van der Waals surface area contributed by atoms with Gasteiger partial charge in [-0.1, -0.05) is 52.7 Å². The van der Waals surface area contributed by atoms with Gasteiger partial charge in [0.15, 0.2) is 0 Å². The molecule has 7 heteroatoms. The van der Waals surface area contributed by atoms with Crippen molar-refractivity contribution in [3.05, 3.63) is 58.2 Å². The van der Waals surface area contributed by atoms with E-state index in [4.69, 9.17) is 4.74 Å². The van der Waals surface area contributed by atoms with Gasteiger partial charge in [-0.2, -0.15) is 26.3 Å². The van der Waals surface area contributed by atoms with Crippen molar-refractivity contribution in [2.75, 3.05) is 0 Å². The van der Waals surface area contributed by atoms with E-state index in [0.29, 0.717) is 12.5 Å². The van der Waals surface area contributed by atoms with E-state index in [0.717, 1.165) is 50.5 Å². The van der Waals surface area contributed by atoms with Crippen molar-refractivity contribution in [3.8, 4) is 0 Å². The minimum atomic E-state index is -5.38. The van der Waals surface area contributed by atoms with Gasteiger partial charge in [0.05, 0.1) is 11.7 Å². The van der Waals surface area contributed by atoms with Crippen LogP contribution < -0.4 is 0 Å². The van der Waals surface area contributed by atoms with Crippen molar-refractivity contribution in [2.45, 2.75) is 130 Å².